The molecule has 0 aliphatic heterocycles. The highest BCUT2D eigenvalue weighted by Crippen LogP contribution is 2.19. The van der Waals surface area contributed by atoms with Gasteiger partial charge in [0, 0.05) is 23.7 Å². The lowest BCUT2D eigenvalue weighted by Crippen LogP contribution is -2.25. The Hall–Kier alpha value is -0.510. The van der Waals surface area contributed by atoms with Gasteiger partial charge in [-0.2, -0.15) is 0 Å². The number of hydrogen-bond donors (Lipinski definition) is 1. The minimum absolute atomic E-state index is 0.973. The van der Waals surface area contributed by atoms with Crippen LogP contribution < -0.4 is 5.32 Å². The number of nitrogens with one attached hydrogen (secondary N) is 1. The minimum Gasteiger partial charge on any atom is -0.313 e. The van der Waals surface area contributed by atoms with Gasteiger partial charge in [-0.25, -0.2) is 0 Å². The SMILES string of the molecule is CCNCc1cccc(SCCN(CC)CC)c1. The molecule has 0 atom stereocenters. The summed E-state index contributed by atoms with van der Waals surface area (Å²) in [5.41, 5.74) is 1.38. The zero-order valence-corrected chi connectivity index (χ0v) is 12.7. The third kappa shape index (κ3) is 5.89. The molecule has 18 heavy (non-hydrogen) atoms. The molecule has 0 aliphatic rings. The molecule has 0 unspecified atom stereocenters. The maximum atomic E-state index is 3.37. The molecule has 0 fully saturated rings. The first-order valence-corrected chi connectivity index (χ1v) is 7.93. The largest absolute Gasteiger partial charge is 0.313 e. The van der Waals surface area contributed by atoms with E-state index in [2.05, 4.69) is 55.3 Å². The van der Waals surface area contributed by atoms with Gasteiger partial charge in [0.25, 0.3) is 0 Å². The van der Waals surface area contributed by atoms with Gasteiger partial charge in [0.05, 0.1) is 0 Å². The molecule has 1 N–H and O–H groups in total. The molecule has 3 heteroatoms. The standard InChI is InChI=1S/C15H26N2S/c1-4-16-13-14-8-7-9-15(12-14)18-11-10-17(5-2)6-3/h7-9,12,16H,4-6,10-11,13H2,1-3H3. The molecular formula is C15H26N2S. The zero-order valence-electron chi connectivity index (χ0n) is 11.9. The Morgan fingerprint density at radius 3 is 2.61 bits per heavy atom. The first-order chi connectivity index (χ1) is 8.80. The summed E-state index contributed by atoms with van der Waals surface area (Å²) in [5, 5.41) is 3.37. The molecular weight excluding hydrogens is 240 g/mol. The summed E-state index contributed by atoms with van der Waals surface area (Å²) in [4.78, 5) is 3.85. The quantitative estimate of drug-likeness (QED) is 0.691. The van der Waals surface area contributed by atoms with E-state index in [4.69, 9.17) is 0 Å². The van der Waals surface area contributed by atoms with Crippen molar-refractivity contribution in [1.29, 1.82) is 0 Å². The third-order valence-corrected chi connectivity index (χ3v) is 4.02. The molecule has 0 radical (unpaired) electrons. The van der Waals surface area contributed by atoms with Crippen molar-refractivity contribution in [2.45, 2.75) is 32.2 Å². The Morgan fingerprint density at radius 1 is 1.17 bits per heavy atom. The van der Waals surface area contributed by atoms with E-state index in [1.807, 2.05) is 11.8 Å². The molecule has 0 saturated carbocycles. The van der Waals surface area contributed by atoms with Crippen molar-refractivity contribution in [3.05, 3.63) is 29.8 Å². The van der Waals surface area contributed by atoms with E-state index < -0.39 is 0 Å². The molecule has 2 nitrogen and oxygen atoms in total. The number of thioether (sulfide) groups is 1. The highest BCUT2D eigenvalue weighted by Gasteiger charge is 2.00. The summed E-state index contributed by atoms with van der Waals surface area (Å²) >= 11 is 1.96. The summed E-state index contributed by atoms with van der Waals surface area (Å²) in [5.74, 6) is 1.17. The van der Waals surface area contributed by atoms with Gasteiger partial charge in [-0.05, 0) is 37.3 Å². The number of benzene rings is 1. The maximum Gasteiger partial charge on any atom is 0.0205 e. The predicted octanol–water partition coefficient (Wildman–Crippen LogP) is 3.23. The molecule has 0 aromatic heterocycles. The summed E-state index contributed by atoms with van der Waals surface area (Å²) < 4.78 is 0. The normalized spacial score (nSPS) is 11.1. The van der Waals surface area contributed by atoms with Crippen LogP contribution in [0.25, 0.3) is 0 Å². The van der Waals surface area contributed by atoms with Crippen LogP contribution in [0.15, 0.2) is 29.2 Å². The Bertz CT molecular complexity index is 324. The summed E-state index contributed by atoms with van der Waals surface area (Å²) in [6, 6.07) is 8.86. The van der Waals surface area contributed by atoms with Gasteiger partial charge in [0.15, 0.2) is 0 Å². The van der Waals surface area contributed by atoms with Crippen molar-refractivity contribution >= 4 is 11.8 Å². The van der Waals surface area contributed by atoms with Gasteiger partial charge in [-0.3, -0.25) is 0 Å². The highest BCUT2D eigenvalue weighted by atomic mass is 32.2. The average molecular weight is 266 g/mol. The van der Waals surface area contributed by atoms with Crippen LogP contribution in [0.3, 0.4) is 0 Å². The van der Waals surface area contributed by atoms with Crippen LogP contribution in [-0.2, 0) is 6.54 Å². The second-order valence-corrected chi connectivity index (χ2v) is 5.47. The van der Waals surface area contributed by atoms with Crippen LogP contribution in [0.5, 0.6) is 0 Å². The summed E-state index contributed by atoms with van der Waals surface area (Å²) in [6.45, 7) is 12.1. The minimum atomic E-state index is 0.973. The molecule has 0 heterocycles. The number of rotatable bonds is 9. The lowest BCUT2D eigenvalue weighted by molar-refractivity contribution is 0.324. The number of hydrogen-bond acceptors (Lipinski definition) is 3. The predicted molar refractivity (Wildman–Crippen MR) is 82.3 cm³/mol. The van der Waals surface area contributed by atoms with Crippen molar-refractivity contribution in [2.75, 3.05) is 31.9 Å². The van der Waals surface area contributed by atoms with Gasteiger partial charge in [0.1, 0.15) is 0 Å². The van der Waals surface area contributed by atoms with Gasteiger partial charge < -0.3 is 10.2 Å². The molecule has 0 aliphatic carbocycles. The zero-order chi connectivity index (χ0) is 13.2. The third-order valence-electron chi connectivity index (χ3n) is 3.05. The van der Waals surface area contributed by atoms with Crippen molar-refractivity contribution in [3.8, 4) is 0 Å². The fourth-order valence-electron chi connectivity index (χ4n) is 1.85. The number of nitrogens with zero attached hydrogens (tertiary/aromatic N) is 1. The Balaban J connectivity index is 2.37. The molecule has 0 bridgehead atoms. The van der Waals surface area contributed by atoms with Crippen LogP contribution in [0, 0.1) is 0 Å². The summed E-state index contributed by atoms with van der Waals surface area (Å²) in [6.07, 6.45) is 0. The van der Waals surface area contributed by atoms with E-state index in [0.717, 1.165) is 26.2 Å². The lowest BCUT2D eigenvalue weighted by atomic mass is 10.2. The van der Waals surface area contributed by atoms with Crippen LogP contribution >= 0.6 is 11.8 Å². The second kappa shape index (κ2) is 9.42. The topological polar surface area (TPSA) is 15.3 Å². The van der Waals surface area contributed by atoms with Gasteiger partial charge in [-0.15, -0.1) is 11.8 Å². The van der Waals surface area contributed by atoms with Crippen molar-refractivity contribution in [2.24, 2.45) is 0 Å². The first-order valence-electron chi connectivity index (χ1n) is 6.94. The molecule has 1 rings (SSSR count). The molecule has 1 aromatic carbocycles. The highest BCUT2D eigenvalue weighted by molar-refractivity contribution is 7.99. The molecule has 0 saturated heterocycles. The van der Waals surface area contributed by atoms with Crippen molar-refractivity contribution in [3.63, 3.8) is 0 Å². The van der Waals surface area contributed by atoms with Gasteiger partial charge >= 0.3 is 0 Å². The Labute approximate surface area is 116 Å². The first kappa shape index (κ1) is 15.5. The van der Waals surface area contributed by atoms with Crippen LogP contribution in [-0.4, -0.2) is 36.8 Å². The Morgan fingerprint density at radius 2 is 1.94 bits per heavy atom. The average Bonchev–Trinajstić information content (AvgIpc) is 2.42. The fraction of sp³-hybridized carbons (Fsp3) is 0.600. The molecule has 102 valence electrons. The van der Waals surface area contributed by atoms with E-state index >= 15 is 0 Å². The van der Waals surface area contributed by atoms with Gasteiger partial charge in [-0.1, -0.05) is 32.9 Å². The molecule has 0 spiro atoms. The van der Waals surface area contributed by atoms with Crippen molar-refractivity contribution < 1.29 is 0 Å². The molecule has 1 aromatic rings. The lowest BCUT2D eigenvalue weighted by Gasteiger charge is -2.17. The second-order valence-electron chi connectivity index (χ2n) is 4.30. The van der Waals surface area contributed by atoms with Crippen LogP contribution in [0.2, 0.25) is 0 Å². The fourth-order valence-corrected chi connectivity index (χ4v) is 2.84. The smallest absolute Gasteiger partial charge is 0.0205 e. The van der Waals surface area contributed by atoms with Gasteiger partial charge in [0.2, 0.25) is 0 Å². The van der Waals surface area contributed by atoms with E-state index in [1.54, 1.807) is 0 Å². The van der Waals surface area contributed by atoms with Crippen molar-refractivity contribution in [1.82, 2.24) is 10.2 Å². The van der Waals surface area contributed by atoms with E-state index in [9.17, 15) is 0 Å². The maximum absolute atomic E-state index is 3.37. The van der Waals surface area contributed by atoms with Crippen LogP contribution in [0.4, 0.5) is 0 Å². The van der Waals surface area contributed by atoms with E-state index in [-0.39, 0.29) is 0 Å². The monoisotopic (exact) mass is 266 g/mol. The Kier molecular flexibility index (Phi) is 8.14. The van der Waals surface area contributed by atoms with Crippen LogP contribution in [0.1, 0.15) is 26.3 Å². The van der Waals surface area contributed by atoms with E-state index in [0.29, 0.717) is 0 Å². The van der Waals surface area contributed by atoms with E-state index in [1.165, 1.54) is 22.8 Å². The molecule has 0 amide bonds. The summed E-state index contributed by atoms with van der Waals surface area (Å²) in [7, 11) is 0.